The predicted molar refractivity (Wildman–Crippen MR) is 73.8 cm³/mol. The van der Waals surface area contributed by atoms with E-state index in [1.165, 1.54) is 12.0 Å². The molecular weight excluding hydrogens is 236 g/mol. The van der Waals surface area contributed by atoms with Gasteiger partial charge in [-0.15, -0.1) is 0 Å². The Balaban J connectivity index is 1.55. The normalized spacial score (nSPS) is 31.3. The first-order valence-corrected chi connectivity index (χ1v) is 7.38. The van der Waals surface area contributed by atoms with E-state index in [0.29, 0.717) is 17.9 Å². The van der Waals surface area contributed by atoms with Crippen molar-refractivity contribution in [1.29, 1.82) is 0 Å². The summed E-state index contributed by atoms with van der Waals surface area (Å²) in [7, 11) is 0. The number of hydrogen-bond donors (Lipinski definition) is 1. The van der Waals surface area contributed by atoms with E-state index in [0.717, 1.165) is 32.5 Å². The molecule has 3 fully saturated rings. The molecule has 2 saturated heterocycles. The van der Waals surface area contributed by atoms with Crippen molar-refractivity contribution < 1.29 is 4.79 Å². The van der Waals surface area contributed by atoms with Crippen molar-refractivity contribution in [1.82, 2.24) is 10.2 Å². The fraction of sp³-hybridized carbons (Fsp3) is 0.562. The molecule has 3 heteroatoms. The van der Waals surface area contributed by atoms with E-state index < -0.39 is 0 Å². The third-order valence-electron chi connectivity index (χ3n) is 5.14. The van der Waals surface area contributed by atoms with Crippen LogP contribution in [-0.4, -0.2) is 36.5 Å². The van der Waals surface area contributed by atoms with Crippen molar-refractivity contribution in [2.75, 3.05) is 19.6 Å². The van der Waals surface area contributed by atoms with Crippen molar-refractivity contribution >= 4 is 5.91 Å². The number of amides is 1. The Labute approximate surface area is 114 Å². The summed E-state index contributed by atoms with van der Waals surface area (Å²) in [6.45, 7) is 3.00. The predicted octanol–water partition coefficient (Wildman–Crippen LogP) is 1.54. The average molecular weight is 256 g/mol. The standard InChI is InChI=1S/C16H20N2O/c19-15(18-10-12-6-9-17-14(12)11-18)16(7-8-16)13-4-2-1-3-5-13/h1-5,12,14,17H,6-11H2/t12-,14+/m0/s1. The average Bonchev–Trinajstić information content (AvgIpc) is 2.97. The molecule has 0 aromatic heterocycles. The molecule has 1 aromatic rings. The molecular formula is C16H20N2O. The lowest BCUT2D eigenvalue weighted by molar-refractivity contribution is -0.133. The van der Waals surface area contributed by atoms with Crippen LogP contribution < -0.4 is 5.32 Å². The maximum absolute atomic E-state index is 12.9. The summed E-state index contributed by atoms with van der Waals surface area (Å²) in [6.07, 6.45) is 3.27. The molecule has 1 aliphatic carbocycles. The topological polar surface area (TPSA) is 32.3 Å². The molecule has 0 unspecified atom stereocenters. The lowest BCUT2D eigenvalue weighted by atomic mass is 9.94. The third-order valence-corrected chi connectivity index (χ3v) is 5.14. The Morgan fingerprint density at radius 3 is 2.68 bits per heavy atom. The minimum Gasteiger partial charge on any atom is -0.340 e. The second-order valence-corrected chi connectivity index (χ2v) is 6.27. The van der Waals surface area contributed by atoms with Gasteiger partial charge in [0.2, 0.25) is 5.91 Å². The molecule has 100 valence electrons. The van der Waals surface area contributed by atoms with Crippen molar-refractivity contribution in [3.05, 3.63) is 35.9 Å². The van der Waals surface area contributed by atoms with Gasteiger partial charge in [-0.25, -0.2) is 0 Å². The fourth-order valence-corrected chi connectivity index (χ4v) is 3.83. The number of carbonyl (C=O) groups excluding carboxylic acids is 1. The molecule has 2 heterocycles. The zero-order valence-electron chi connectivity index (χ0n) is 11.1. The number of carbonyl (C=O) groups is 1. The van der Waals surface area contributed by atoms with Crippen LogP contribution in [0.1, 0.15) is 24.8 Å². The van der Waals surface area contributed by atoms with Crippen LogP contribution in [0.4, 0.5) is 0 Å². The largest absolute Gasteiger partial charge is 0.340 e. The molecule has 3 nitrogen and oxygen atoms in total. The van der Waals surface area contributed by atoms with Gasteiger partial charge in [-0.2, -0.15) is 0 Å². The molecule has 0 radical (unpaired) electrons. The maximum Gasteiger partial charge on any atom is 0.233 e. The van der Waals surface area contributed by atoms with Gasteiger partial charge in [0.25, 0.3) is 0 Å². The van der Waals surface area contributed by atoms with Gasteiger partial charge < -0.3 is 10.2 Å². The summed E-state index contributed by atoms with van der Waals surface area (Å²) in [5.74, 6) is 1.06. The zero-order valence-corrected chi connectivity index (χ0v) is 11.1. The van der Waals surface area contributed by atoms with Crippen LogP contribution in [0.3, 0.4) is 0 Å². The first kappa shape index (κ1) is 11.5. The number of likely N-dealkylation sites (tertiary alicyclic amines) is 1. The maximum atomic E-state index is 12.9. The van der Waals surface area contributed by atoms with Gasteiger partial charge in [-0.3, -0.25) is 4.79 Å². The minimum atomic E-state index is -0.181. The van der Waals surface area contributed by atoms with Gasteiger partial charge in [0.15, 0.2) is 0 Å². The number of fused-ring (bicyclic) bond motifs is 1. The lowest BCUT2D eigenvalue weighted by Crippen LogP contribution is -2.40. The Morgan fingerprint density at radius 2 is 2.00 bits per heavy atom. The quantitative estimate of drug-likeness (QED) is 0.870. The number of hydrogen-bond acceptors (Lipinski definition) is 2. The lowest BCUT2D eigenvalue weighted by Gasteiger charge is -2.24. The summed E-state index contributed by atoms with van der Waals surface area (Å²) in [5, 5.41) is 3.52. The highest BCUT2D eigenvalue weighted by atomic mass is 16.2. The van der Waals surface area contributed by atoms with Crippen LogP contribution >= 0.6 is 0 Å². The monoisotopic (exact) mass is 256 g/mol. The van der Waals surface area contributed by atoms with Crippen molar-refractivity contribution in [2.24, 2.45) is 5.92 Å². The van der Waals surface area contributed by atoms with E-state index in [2.05, 4.69) is 22.3 Å². The summed E-state index contributed by atoms with van der Waals surface area (Å²) in [4.78, 5) is 15.0. The molecule has 1 saturated carbocycles. The van der Waals surface area contributed by atoms with Crippen LogP contribution in [0.25, 0.3) is 0 Å². The molecule has 2 atom stereocenters. The molecule has 3 aliphatic rings. The second kappa shape index (κ2) is 4.07. The molecule has 1 aromatic carbocycles. The Kier molecular flexibility index (Phi) is 2.46. The highest BCUT2D eigenvalue weighted by Crippen LogP contribution is 2.50. The minimum absolute atomic E-state index is 0.181. The molecule has 19 heavy (non-hydrogen) atoms. The van der Waals surface area contributed by atoms with Crippen LogP contribution in [0, 0.1) is 5.92 Å². The number of benzene rings is 1. The van der Waals surface area contributed by atoms with E-state index in [-0.39, 0.29) is 5.41 Å². The van der Waals surface area contributed by atoms with Crippen molar-refractivity contribution in [3.8, 4) is 0 Å². The van der Waals surface area contributed by atoms with Crippen LogP contribution in [0.2, 0.25) is 0 Å². The highest BCUT2D eigenvalue weighted by molar-refractivity contribution is 5.91. The fourth-order valence-electron chi connectivity index (χ4n) is 3.83. The van der Waals surface area contributed by atoms with Gasteiger partial charge in [-0.05, 0) is 37.3 Å². The van der Waals surface area contributed by atoms with E-state index in [4.69, 9.17) is 0 Å². The van der Waals surface area contributed by atoms with Crippen LogP contribution in [0.15, 0.2) is 30.3 Å². The van der Waals surface area contributed by atoms with Gasteiger partial charge in [-0.1, -0.05) is 30.3 Å². The molecule has 2 aliphatic heterocycles. The van der Waals surface area contributed by atoms with Crippen molar-refractivity contribution in [3.63, 3.8) is 0 Å². The summed E-state index contributed by atoms with van der Waals surface area (Å²) < 4.78 is 0. The van der Waals surface area contributed by atoms with E-state index in [1.54, 1.807) is 0 Å². The van der Waals surface area contributed by atoms with Gasteiger partial charge in [0, 0.05) is 19.1 Å². The summed E-state index contributed by atoms with van der Waals surface area (Å²) in [5.41, 5.74) is 1.03. The smallest absolute Gasteiger partial charge is 0.233 e. The van der Waals surface area contributed by atoms with Crippen LogP contribution in [0.5, 0.6) is 0 Å². The molecule has 0 bridgehead atoms. The molecule has 0 spiro atoms. The van der Waals surface area contributed by atoms with Crippen molar-refractivity contribution in [2.45, 2.75) is 30.7 Å². The molecule has 4 rings (SSSR count). The van der Waals surface area contributed by atoms with Gasteiger partial charge in [0.05, 0.1) is 5.41 Å². The Bertz CT molecular complexity index is 483. The van der Waals surface area contributed by atoms with E-state index in [1.807, 2.05) is 18.2 Å². The first-order valence-electron chi connectivity index (χ1n) is 7.38. The SMILES string of the molecule is O=C(N1C[C@@H]2CCN[C@@H]2C1)C1(c2ccccc2)CC1. The number of rotatable bonds is 2. The highest BCUT2D eigenvalue weighted by Gasteiger charge is 2.54. The second-order valence-electron chi connectivity index (χ2n) is 6.27. The van der Waals surface area contributed by atoms with E-state index >= 15 is 0 Å². The van der Waals surface area contributed by atoms with Gasteiger partial charge in [0.1, 0.15) is 0 Å². The third kappa shape index (κ3) is 1.71. The van der Waals surface area contributed by atoms with E-state index in [9.17, 15) is 4.79 Å². The van der Waals surface area contributed by atoms with Gasteiger partial charge >= 0.3 is 0 Å². The number of nitrogens with zero attached hydrogens (tertiary/aromatic N) is 1. The summed E-state index contributed by atoms with van der Waals surface area (Å²) in [6, 6.07) is 10.9. The first-order chi connectivity index (χ1) is 9.29. The molecule has 1 amide bonds. The zero-order chi connectivity index (χ0) is 12.9. The Morgan fingerprint density at radius 1 is 1.21 bits per heavy atom. The van der Waals surface area contributed by atoms with Crippen LogP contribution in [-0.2, 0) is 10.2 Å². The Hall–Kier alpha value is -1.35. The summed E-state index contributed by atoms with van der Waals surface area (Å²) >= 11 is 0. The molecule has 1 N–H and O–H groups in total. The number of nitrogens with one attached hydrogen (secondary N) is 1.